The number of hydrogen-bond donors (Lipinski definition) is 2. The fourth-order valence-electron chi connectivity index (χ4n) is 3.19. The Kier molecular flexibility index (Phi) is 5.96. The first-order valence-corrected chi connectivity index (χ1v) is 8.94. The van der Waals surface area contributed by atoms with E-state index in [9.17, 15) is 4.79 Å². The summed E-state index contributed by atoms with van der Waals surface area (Å²) in [6, 6.07) is 10.7. The molecule has 1 aromatic heterocycles. The van der Waals surface area contributed by atoms with Crippen LogP contribution in [0, 0.1) is 0 Å². The Morgan fingerprint density at radius 1 is 1.27 bits per heavy atom. The van der Waals surface area contributed by atoms with Crippen LogP contribution in [0.2, 0.25) is 5.02 Å². The molecule has 2 atom stereocenters. The molecule has 3 rings (SSSR count). The summed E-state index contributed by atoms with van der Waals surface area (Å²) in [6.45, 7) is 1.77. The third-order valence-electron chi connectivity index (χ3n) is 4.61. The average Bonchev–Trinajstić information content (AvgIpc) is 2.65. The second-order valence-electron chi connectivity index (χ2n) is 6.49. The molecule has 1 aliphatic heterocycles. The zero-order chi connectivity index (χ0) is 18.5. The van der Waals surface area contributed by atoms with Gasteiger partial charge in [-0.15, -0.1) is 0 Å². The summed E-state index contributed by atoms with van der Waals surface area (Å²) in [6.07, 6.45) is 2.58. The lowest BCUT2D eigenvalue weighted by Gasteiger charge is -2.36. The Balaban J connectivity index is 1.68. The molecule has 2 amide bonds. The van der Waals surface area contributed by atoms with E-state index < -0.39 is 0 Å². The van der Waals surface area contributed by atoms with E-state index in [-0.39, 0.29) is 18.0 Å². The molecule has 2 aromatic rings. The van der Waals surface area contributed by atoms with Crippen LogP contribution in [0.5, 0.6) is 5.75 Å². The normalized spacial score (nSPS) is 20.4. The summed E-state index contributed by atoms with van der Waals surface area (Å²) in [5.41, 5.74) is 1.66. The number of nitrogens with zero attached hydrogens (tertiary/aromatic N) is 2. The van der Waals surface area contributed by atoms with Gasteiger partial charge in [-0.25, -0.2) is 4.79 Å². The van der Waals surface area contributed by atoms with E-state index in [1.54, 1.807) is 37.6 Å². The molecule has 2 N–H and O–H groups in total. The lowest BCUT2D eigenvalue weighted by atomic mass is 9.89. The predicted octanol–water partition coefficient (Wildman–Crippen LogP) is 3.35. The molecule has 0 radical (unpaired) electrons. The van der Waals surface area contributed by atoms with Gasteiger partial charge in [0.1, 0.15) is 5.75 Å². The molecule has 1 saturated heterocycles. The molecule has 7 heteroatoms. The topological polar surface area (TPSA) is 66.5 Å². The zero-order valence-electron chi connectivity index (χ0n) is 14.9. The largest absolute Gasteiger partial charge is 0.495 e. The lowest BCUT2D eigenvalue weighted by molar-refractivity contribution is 0.200. The van der Waals surface area contributed by atoms with Crippen molar-refractivity contribution in [3.8, 4) is 5.75 Å². The highest BCUT2D eigenvalue weighted by molar-refractivity contribution is 6.30. The molecule has 1 fully saturated rings. The van der Waals surface area contributed by atoms with Crippen LogP contribution in [0.4, 0.5) is 10.5 Å². The van der Waals surface area contributed by atoms with Gasteiger partial charge in [0.15, 0.2) is 0 Å². The minimum absolute atomic E-state index is 0.0133. The summed E-state index contributed by atoms with van der Waals surface area (Å²) in [7, 11) is 3.71. The van der Waals surface area contributed by atoms with Crippen molar-refractivity contribution in [3.05, 3.63) is 53.3 Å². The molecule has 0 saturated carbocycles. The highest BCUT2D eigenvalue weighted by Gasteiger charge is 2.31. The summed E-state index contributed by atoms with van der Waals surface area (Å²) < 4.78 is 5.18. The first kappa shape index (κ1) is 18.5. The maximum atomic E-state index is 12.4. The van der Waals surface area contributed by atoms with E-state index in [1.165, 1.54) is 0 Å². The number of ether oxygens (including phenoxy) is 1. The molecular formula is C19H23ClN4O2. The van der Waals surface area contributed by atoms with Crippen molar-refractivity contribution in [3.63, 3.8) is 0 Å². The van der Waals surface area contributed by atoms with Crippen LogP contribution in [0.3, 0.4) is 0 Å². The number of anilines is 1. The van der Waals surface area contributed by atoms with E-state index in [2.05, 4.69) is 27.6 Å². The van der Waals surface area contributed by atoms with Crippen LogP contribution < -0.4 is 15.4 Å². The van der Waals surface area contributed by atoms with Gasteiger partial charge in [-0.2, -0.15) is 0 Å². The molecule has 0 bridgehead atoms. The SMILES string of the molecule is COc1ccc(C2CN(C)CCC2NC(=O)Nc2ccc(Cl)cc2)nc1. The number of likely N-dealkylation sites (N-methyl/N-ethyl adjacent to an activating group) is 1. The maximum absolute atomic E-state index is 12.4. The quantitative estimate of drug-likeness (QED) is 0.861. The molecule has 2 unspecified atom stereocenters. The van der Waals surface area contributed by atoms with E-state index in [1.807, 2.05) is 12.1 Å². The molecule has 0 aliphatic carbocycles. The summed E-state index contributed by atoms with van der Waals surface area (Å²) >= 11 is 5.88. The number of urea groups is 1. The van der Waals surface area contributed by atoms with Gasteiger partial charge in [0, 0.05) is 34.9 Å². The number of nitrogens with one attached hydrogen (secondary N) is 2. The van der Waals surface area contributed by atoms with Crippen LogP contribution >= 0.6 is 11.6 Å². The number of halogens is 1. The fourth-order valence-corrected chi connectivity index (χ4v) is 3.31. The fraction of sp³-hybridized carbons (Fsp3) is 0.368. The third kappa shape index (κ3) is 4.65. The monoisotopic (exact) mass is 374 g/mol. The van der Waals surface area contributed by atoms with Gasteiger partial charge in [0.25, 0.3) is 0 Å². The molecule has 0 spiro atoms. The van der Waals surface area contributed by atoms with Crippen molar-refractivity contribution >= 4 is 23.3 Å². The van der Waals surface area contributed by atoms with Gasteiger partial charge in [-0.1, -0.05) is 11.6 Å². The first-order chi connectivity index (χ1) is 12.5. The number of pyridine rings is 1. The Morgan fingerprint density at radius 3 is 2.69 bits per heavy atom. The minimum atomic E-state index is -0.222. The number of piperidine rings is 1. The van der Waals surface area contributed by atoms with Gasteiger partial charge >= 0.3 is 6.03 Å². The second kappa shape index (κ2) is 8.38. The second-order valence-corrected chi connectivity index (χ2v) is 6.93. The summed E-state index contributed by atoms with van der Waals surface area (Å²) in [4.78, 5) is 19.2. The van der Waals surface area contributed by atoms with Crippen LogP contribution in [-0.2, 0) is 0 Å². The number of likely N-dealkylation sites (tertiary alicyclic amines) is 1. The zero-order valence-corrected chi connectivity index (χ0v) is 15.7. The number of aromatic nitrogens is 1. The Labute approximate surface area is 158 Å². The van der Waals surface area contributed by atoms with Gasteiger partial charge in [0.05, 0.1) is 13.3 Å². The Bertz CT molecular complexity index is 736. The number of carbonyl (C=O) groups is 1. The van der Waals surface area contributed by atoms with Gasteiger partial charge in [-0.05, 0) is 56.4 Å². The standard InChI is InChI=1S/C19H23ClN4O2/c1-24-10-9-18(16(12-24)17-8-7-15(26-2)11-21-17)23-19(25)22-14-5-3-13(20)4-6-14/h3-8,11,16,18H,9-10,12H2,1-2H3,(H2,22,23,25). The summed E-state index contributed by atoms with van der Waals surface area (Å²) in [5, 5.41) is 6.59. The van der Waals surface area contributed by atoms with Gasteiger partial charge < -0.3 is 20.3 Å². The number of hydrogen-bond acceptors (Lipinski definition) is 4. The predicted molar refractivity (Wildman–Crippen MR) is 103 cm³/mol. The van der Waals surface area contributed by atoms with Crippen molar-refractivity contribution in [2.24, 2.45) is 0 Å². The molecule has 2 heterocycles. The number of methoxy groups -OCH3 is 1. The molecule has 26 heavy (non-hydrogen) atoms. The highest BCUT2D eigenvalue weighted by atomic mass is 35.5. The smallest absolute Gasteiger partial charge is 0.319 e. The minimum Gasteiger partial charge on any atom is -0.495 e. The van der Waals surface area contributed by atoms with Crippen molar-refractivity contribution in [2.45, 2.75) is 18.4 Å². The van der Waals surface area contributed by atoms with E-state index in [0.717, 1.165) is 31.0 Å². The number of amides is 2. The van der Waals surface area contributed by atoms with Crippen molar-refractivity contribution < 1.29 is 9.53 Å². The van der Waals surface area contributed by atoms with Crippen LogP contribution in [-0.4, -0.2) is 49.2 Å². The van der Waals surface area contributed by atoms with E-state index >= 15 is 0 Å². The molecule has 1 aliphatic rings. The maximum Gasteiger partial charge on any atom is 0.319 e. The van der Waals surface area contributed by atoms with Crippen molar-refractivity contribution in [2.75, 3.05) is 32.6 Å². The number of rotatable bonds is 4. The number of benzene rings is 1. The third-order valence-corrected chi connectivity index (χ3v) is 4.86. The average molecular weight is 375 g/mol. The van der Waals surface area contributed by atoms with E-state index in [4.69, 9.17) is 16.3 Å². The van der Waals surface area contributed by atoms with Gasteiger partial charge in [0.2, 0.25) is 0 Å². The molecule has 6 nitrogen and oxygen atoms in total. The van der Waals surface area contributed by atoms with Crippen LogP contribution in [0.15, 0.2) is 42.6 Å². The first-order valence-electron chi connectivity index (χ1n) is 8.56. The molecule has 138 valence electrons. The van der Waals surface area contributed by atoms with E-state index in [0.29, 0.717) is 10.7 Å². The lowest BCUT2D eigenvalue weighted by Crippen LogP contribution is -2.50. The van der Waals surface area contributed by atoms with Crippen LogP contribution in [0.25, 0.3) is 0 Å². The number of carbonyl (C=O) groups excluding carboxylic acids is 1. The highest BCUT2D eigenvalue weighted by Crippen LogP contribution is 2.26. The van der Waals surface area contributed by atoms with Crippen LogP contribution in [0.1, 0.15) is 18.0 Å². The van der Waals surface area contributed by atoms with Crippen molar-refractivity contribution in [1.82, 2.24) is 15.2 Å². The molecule has 1 aromatic carbocycles. The Hall–Kier alpha value is -2.31. The molecular weight excluding hydrogens is 352 g/mol. The van der Waals surface area contributed by atoms with Crippen molar-refractivity contribution in [1.29, 1.82) is 0 Å². The summed E-state index contributed by atoms with van der Waals surface area (Å²) in [5.74, 6) is 0.846. The Morgan fingerprint density at radius 2 is 2.04 bits per heavy atom. The van der Waals surface area contributed by atoms with Gasteiger partial charge in [-0.3, -0.25) is 4.98 Å².